The Bertz CT molecular complexity index is 428. The second-order valence-electron chi connectivity index (χ2n) is 5.15. The van der Waals surface area contributed by atoms with Crippen LogP contribution in [0.5, 0.6) is 0 Å². The first-order valence-electron chi connectivity index (χ1n) is 5.43. The molecule has 0 bridgehead atoms. The molecule has 0 aliphatic heterocycles. The molecule has 17 heavy (non-hydrogen) atoms. The third-order valence-corrected chi connectivity index (χ3v) is 2.63. The summed E-state index contributed by atoms with van der Waals surface area (Å²) >= 11 is 5.85. The van der Waals surface area contributed by atoms with Crippen molar-refractivity contribution in [1.82, 2.24) is 14.9 Å². The number of hydrogen-bond donors (Lipinski definition) is 2. The Labute approximate surface area is 106 Å². The first kappa shape index (κ1) is 14.0. The van der Waals surface area contributed by atoms with E-state index >= 15 is 0 Å². The molecule has 0 saturated carbocycles. The molecular formula is C11H19ClN4O. The van der Waals surface area contributed by atoms with Gasteiger partial charge in [-0.2, -0.15) is 0 Å². The van der Waals surface area contributed by atoms with Crippen LogP contribution >= 0.6 is 11.6 Å². The van der Waals surface area contributed by atoms with E-state index in [0.29, 0.717) is 12.4 Å². The van der Waals surface area contributed by atoms with E-state index in [0.717, 1.165) is 6.54 Å². The molecule has 1 aromatic rings. The van der Waals surface area contributed by atoms with Crippen molar-refractivity contribution in [3.8, 4) is 0 Å². The van der Waals surface area contributed by atoms with Gasteiger partial charge in [-0.25, -0.2) is 4.98 Å². The molecule has 0 radical (unpaired) electrons. The minimum absolute atomic E-state index is 0.0666. The molecule has 0 aliphatic carbocycles. The van der Waals surface area contributed by atoms with Crippen LogP contribution in [-0.2, 0) is 0 Å². The lowest BCUT2D eigenvalue weighted by molar-refractivity contribution is 0.254. The lowest BCUT2D eigenvalue weighted by atomic mass is 9.93. The van der Waals surface area contributed by atoms with Gasteiger partial charge in [0.25, 0.3) is 5.56 Å². The van der Waals surface area contributed by atoms with Crippen LogP contribution in [0.15, 0.2) is 11.1 Å². The van der Waals surface area contributed by atoms with Gasteiger partial charge < -0.3 is 15.2 Å². The predicted octanol–water partition coefficient (Wildman–Crippen LogP) is 1.42. The van der Waals surface area contributed by atoms with Crippen molar-refractivity contribution >= 4 is 17.4 Å². The molecule has 0 amide bonds. The van der Waals surface area contributed by atoms with Crippen molar-refractivity contribution in [2.75, 3.05) is 32.5 Å². The number of nitrogens with one attached hydrogen (secondary N) is 2. The fourth-order valence-corrected chi connectivity index (χ4v) is 1.91. The average molecular weight is 259 g/mol. The molecule has 1 heterocycles. The summed E-state index contributed by atoms with van der Waals surface area (Å²) < 4.78 is 0. The fraction of sp³-hybridized carbons (Fsp3) is 0.636. The average Bonchev–Trinajstić information content (AvgIpc) is 2.18. The lowest BCUT2D eigenvalue weighted by Gasteiger charge is -2.28. The highest BCUT2D eigenvalue weighted by molar-refractivity contribution is 6.32. The van der Waals surface area contributed by atoms with E-state index in [4.69, 9.17) is 11.6 Å². The van der Waals surface area contributed by atoms with Crippen LogP contribution in [-0.4, -0.2) is 42.1 Å². The van der Waals surface area contributed by atoms with Crippen LogP contribution in [0.2, 0.25) is 5.02 Å². The van der Waals surface area contributed by atoms with Gasteiger partial charge in [-0.1, -0.05) is 25.4 Å². The largest absolute Gasteiger partial charge is 0.368 e. The van der Waals surface area contributed by atoms with Crippen molar-refractivity contribution in [2.45, 2.75) is 13.8 Å². The normalized spacial score (nSPS) is 11.9. The first-order chi connectivity index (χ1) is 7.82. The Morgan fingerprint density at radius 2 is 2.18 bits per heavy atom. The zero-order valence-corrected chi connectivity index (χ0v) is 11.4. The highest BCUT2D eigenvalue weighted by Crippen LogP contribution is 2.19. The predicted molar refractivity (Wildman–Crippen MR) is 70.7 cm³/mol. The summed E-state index contributed by atoms with van der Waals surface area (Å²) in [6, 6.07) is 0. The third kappa shape index (κ3) is 4.36. The maximum atomic E-state index is 11.3. The van der Waals surface area contributed by atoms with Gasteiger partial charge in [0.05, 0.1) is 6.33 Å². The molecule has 5 nitrogen and oxygen atoms in total. The number of anilines is 1. The minimum atomic E-state index is -0.324. The van der Waals surface area contributed by atoms with E-state index in [9.17, 15) is 4.79 Å². The summed E-state index contributed by atoms with van der Waals surface area (Å²) in [5, 5.41) is 3.21. The number of rotatable bonds is 5. The second kappa shape index (κ2) is 5.51. The number of aromatic nitrogens is 2. The molecule has 96 valence electrons. The summed E-state index contributed by atoms with van der Waals surface area (Å²) in [5.41, 5.74) is -0.258. The van der Waals surface area contributed by atoms with Crippen molar-refractivity contribution in [3.05, 3.63) is 21.7 Å². The highest BCUT2D eigenvalue weighted by Gasteiger charge is 2.19. The molecule has 0 fully saturated rings. The summed E-state index contributed by atoms with van der Waals surface area (Å²) in [5.74, 6) is 0.433. The summed E-state index contributed by atoms with van der Waals surface area (Å²) in [7, 11) is 4.06. The summed E-state index contributed by atoms with van der Waals surface area (Å²) in [6.07, 6.45) is 1.34. The van der Waals surface area contributed by atoms with Crippen LogP contribution in [0.1, 0.15) is 13.8 Å². The Hall–Kier alpha value is -1.07. The van der Waals surface area contributed by atoms with E-state index in [2.05, 4.69) is 34.0 Å². The Morgan fingerprint density at radius 3 is 2.76 bits per heavy atom. The molecule has 0 aromatic carbocycles. The Kier molecular flexibility index (Phi) is 4.54. The molecular weight excluding hydrogens is 240 g/mol. The van der Waals surface area contributed by atoms with Gasteiger partial charge >= 0.3 is 0 Å². The molecule has 0 saturated heterocycles. The number of H-pyrrole nitrogens is 1. The standard InChI is InChI=1S/C11H19ClN4O/c1-11(2,6-16(3)4)5-13-9-8(12)10(17)15-7-14-9/h7H,5-6H2,1-4H3,(H2,13,14,15,17). The van der Waals surface area contributed by atoms with Gasteiger partial charge in [0.1, 0.15) is 5.02 Å². The monoisotopic (exact) mass is 258 g/mol. The lowest BCUT2D eigenvalue weighted by Crippen LogP contribution is -2.34. The van der Waals surface area contributed by atoms with Crippen molar-refractivity contribution < 1.29 is 0 Å². The molecule has 2 N–H and O–H groups in total. The Balaban J connectivity index is 2.67. The maximum absolute atomic E-state index is 11.3. The van der Waals surface area contributed by atoms with E-state index in [1.54, 1.807) is 0 Å². The van der Waals surface area contributed by atoms with Gasteiger partial charge in [-0.3, -0.25) is 4.79 Å². The first-order valence-corrected chi connectivity index (χ1v) is 5.81. The van der Waals surface area contributed by atoms with Crippen molar-refractivity contribution in [2.24, 2.45) is 5.41 Å². The van der Waals surface area contributed by atoms with Gasteiger partial charge in [0, 0.05) is 13.1 Å². The van der Waals surface area contributed by atoms with Crippen LogP contribution in [0.4, 0.5) is 5.82 Å². The highest BCUT2D eigenvalue weighted by atomic mass is 35.5. The van der Waals surface area contributed by atoms with E-state index in [1.807, 2.05) is 14.1 Å². The van der Waals surface area contributed by atoms with Crippen LogP contribution in [0.25, 0.3) is 0 Å². The summed E-state index contributed by atoms with van der Waals surface area (Å²) in [6.45, 7) is 5.91. The van der Waals surface area contributed by atoms with E-state index in [-0.39, 0.29) is 16.0 Å². The third-order valence-electron chi connectivity index (χ3n) is 2.28. The quantitative estimate of drug-likeness (QED) is 0.839. The van der Waals surface area contributed by atoms with E-state index in [1.165, 1.54) is 6.33 Å². The Morgan fingerprint density at radius 1 is 1.53 bits per heavy atom. The molecule has 0 unspecified atom stereocenters. The number of aromatic amines is 1. The molecule has 1 rings (SSSR count). The van der Waals surface area contributed by atoms with E-state index < -0.39 is 0 Å². The zero-order valence-electron chi connectivity index (χ0n) is 10.7. The fourth-order valence-electron chi connectivity index (χ4n) is 1.74. The van der Waals surface area contributed by atoms with Crippen LogP contribution in [0.3, 0.4) is 0 Å². The minimum Gasteiger partial charge on any atom is -0.368 e. The van der Waals surface area contributed by atoms with Crippen LogP contribution in [0, 0.1) is 5.41 Å². The SMILES string of the molecule is CN(C)CC(C)(C)CNc1nc[nH]c(=O)c1Cl. The van der Waals surface area contributed by atoms with Gasteiger partial charge in [-0.05, 0) is 19.5 Å². The zero-order chi connectivity index (χ0) is 13.1. The number of halogens is 1. The van der Waals surface area contributed by atoms with Crippen molar-refractivity contribution in [3.63, 3.8) is 0 Å². The molecule has 1 aromatic heterocycles. The van der Waals surface area contributed by atoms with Crippen molar-refractivity contribution in [1.29, 1.82) is 0 Å². The molecule has 0 spiro atoms. The number of nitrogens with zero attached hydrogens (tertiary/aromatic N) is 2. The summed E-state index contributed by atoms with van der Waals surface area (Å²) in [4.78, 5) is 19.8. The van der Waals surface area contributed by atoms with Gasteiger partial charge in [0.15, 0.2) is 5.82 Å². The van der Waals surface area contributed by atoms with Gasteiger partial charge in [0.2, 0.25) is 0 Å². The maximum Gasteiger partial charge on any atom is 0.271 e. The number of hydrogen-bond acceptors (Lipinski definition) is 4. The molecule has 0 atom stereocenters. The topological polar surface area (TPSA) is 61.0 Å². The molecule has 0 aliphatic rings. The van der Waals surface area contributed by atoms with Crippen LogP contribution < -0.4 is 10.9 Å². The smallest absolute Gasteiger partial charge is 0.271 e. The second-order valence-corrected chi connectivity index (χ2v) is 5.53. The molecule has 6 heteroatoms. The van der Waals surface area contributed by atoms with Gasteiger partial charge in [-0.15, -0.1) is 0 Å².